The van der Waals surface area contributed by atoms with Gasteiger partial charge in [-0.15, -0.1) is 0 Å². The Morgan fingerprint density at radius 1 is 0.903 bits per heavy atom. The molecule has 0 unspecified atom stereocenters. The van der Waals surface area contributed by atoms with Gasteiger partial charge in [0, 0.05) is 10.6 Å². The second-order valence-electron chi connectivity index (χ2n) is 6.24. The van der Waals surface area contributed by atoms with E-state index < -0.39 is 5.97 Å². The number of nitrogens with zero attached hydrogens (tertiary/aromatic N) is 1. The zero-order valence-electron chi connectivity index (χ0n) is 16.8. The van der Waals surface area contributed by atoms with E-state index >= 15 is 0 Å². The van der Waals surface area contributed by atoms with Gasteiger partial charge in [-0.05, 0) is 66.2 Å². The molecule has 31 heavy (non-hydrogen) atoms. The van der Waals surface area contributed by atoms with Crippen molar-refractivity contribution in [3.8, 4) is 17.2 Å². The van der Waals surface area contributed by atoms with Crippen molar-refractivity contribution in [3.05, 3.63) is 88.4 Å². The molecule has 1 amide bonds. The van der Waals surface area contributed by atoms with Crippen molar-refractivity contribution >= 4 is 29.7 Å². The Bertz CT molecular complexity index is 1110. The number of carbonyl (C=O) groups excluding carboxylic acids is 2. The molecule has 0 saturated heterocycles. The van der Waals surface area contributed by atoms with Crippen LogP contribution in [-0.4, -0.2) is 32.3 Å². The van der Waals surface area contributed by atoms with Crippen molar-refractivity contribution in [1.29, 1.82) is 0 Å². The lowest BCUT2D eigenvalue weighted by atomic mass is 10.2. The average molecular weight is 439 g/mol. The molecule has 0 aliphatic rings. The van der Waals surface area contributed by atoms with Crippen LogP contribution in [0, 0.1) is 0 Å². The van der Waals surface area contributed by atoms with Crippen molar-refractivity contribution in [2.75, 3.05) is 14.2 Å². The number of rotatable bonds is 7. The molecule has 0 aliphatic carbocycles. The standard InChI is InChI=1S/C23H19ClN2O5/c1-29-20-11-8-17(13-21(20)30-2)23(28)31-19-9-6-15(7-10-19)14-25-26-22(27)16-4-3-5-18(24)12-16/h3-14H,1-2H3,(H,26,27)/b25-14-. The van der Waals surface area contributed by atoms with Crippen LogP contribution in [0.15, 0.2) is 71.8 Å². The number of nitrogens with one attached hydrogen (secondary N) is 1. The lowest BCUT2D eigenvalue weighted by molar-refractivity contribution is 0.0734. The van der Waals surface area contributed by atoms with Crippen LogP contribution in [0.1, 0.15) is 26.3 Å². The van der Waals surface area contributed by atoms with E-state index in [1.165, 1.54) is 20.4 Å². The maximum atomic E-state index is 12.4. The number of carbonyl (C=O) groups is 2. The normalized spacial score (nSPS) is 10.5. The minimum Gasteiger partial charge on any atom is -0.493 e. The molecule has 8 heteroatoms. The molecular weight excluding hydrogens is 420 g/mol. The van der Waals surface area contributed by atoms with Crippen molar-refractivity contribution in [2.45, 2.75) is 0 Å². The van der Waals surface area contributed by atoms with Crippen molar-refractivity contribution < 1.29 is 23.8 Å². The summed E-state index contributed by atoms with van der Waals surface area (Å²) < 4.78 is 15.7. The predicted octanol–water partition coefficient (Wildman–Crippen LogP) is 4.34. The second kappa shape index (κ2) is 10.3. The van der Waals surface area contributed by atoms with Crippen LogP contribution in [0.3, 0.4) is 0 Å². The third kappa shape index (κ3) is 5.83. The van der Waals surface area contributed by atoms with Gasteiger partial charge in [0.25, 0.3) is 5.91 Å². The lowest BCUT2D eigenvalue weighted by Gasteiger charge is -2.09. The summed E-state index contributed by atoms with van der Waals surface area (Å²) in [5.41, 5.74) is 3.86. The molecule has 0 aliphatic heterocycles. The van der Waals surface area contributed by atoms with Gasteiger partial charge in [0.2, 0.25) is 0 Å². The van der Waals surface area contributed by atoms with Crippen LogP contribution >= 0.6 is 11.6 Å². The SMILES string of the molecule is COc1ccc(C(=O)Oc2ccc(/C=N\NC(=O)c3cccc(Cl)c3)cc2)cc1OC. The second-order valence-corrected chi connectivity index (χ2v) is 6.67. The monoisotopic (exact) mass is 438 g/mol. The number of halogens is 1. The number of amides is 1. The van der Waals surface area contributed by atoms with Crippen molar-refractivity contribution in [3.63, 3.8) is 0 Å². The topological polar surface area (TPSA) is 86.2 Å². The number of hydrazone groups is 1. The molecule has 0 aromatic heterocycles. The number of hydrogen-bond donors (Lipinski definition) is 1. The summed E-state index contributed by atoms with van der Waals surface area (Å²) >= 11 is 5.87. The van der Waals surface area contributed by atoms with E-state index in [1.807, 2.05) is 0 Å². The Labute approximate surface area is 184 Å². The van der Waals surface area contributed by atoms with Gasteiger partial charge in [-0.3, -0.25) is 4.79 Å². The molecular formula is C23H19ClN2O5. The van der Waals surface area contributed by atoms with E-state index in [2.05, 4.69) is 10.5 Å². The van der Waals surface area contributed by atoms with Gasteiger partial charge in [-0.1, -0.05) is 17.7 Å². The molecule has 3 aromatic rings. The predicted molar refractivity (Wildman–Crippen MR) is 117 cm³/mol. The third-order valence-corrected chi connectivity index (χ3v) is 4.41. The maximum Gasteiger partial charge on any atom is 0.343 e. The number of benzene rings is 3. The van der Waals surface area contributed by atoms with Crippen LogP contribution in [0.4, 0.5) is 0 Å². The average Bonchev–Trinajstić information content (AvgIpc) is 2.79. The first kappa shape index (κ1) is 21.9. The fourth-order valence-corrected chi connectivity index (χ4v) is 2.80. The molecule has 3 rings (SSSR count). The van der Waals surface area contributed by atoms with Crippen molar-refractivity contribution in [1.82, 2.24) is 5.43 Å². The zero-order valence-corrected chi connectivity index (χ0v) is 17.6. The van der Waals surface area contributed by atoms with Gasteiger partial charge in [0.15, 0.2) is 11.5 Å². The molecule has 158 valence electrons. The molecule has 7 nitrogen and oxygen atoms in total. The van der Waals surface area contributed by atoms with Crippen molar-refractivity contribution in [2.24, 2.45) is 5.10 Å². The van der Waals surface area contributed by atoms with E-state index in [9.17, 15) is 9.59 Å². The summed E-state index contributed by atoms with van der Waals surface area (Å²) in [5.74, 6) is 0.406. The zero-order chi connectivity index (χ0) is 22.2. The summed E-state index contributed by atoms with van der Waals surface area (Å²) in [6.07, 6.45) is 1.47. The third-order valence-electron chi connectivity index (χ3n) is 4.18. The minimum atomic E-state index is -0.531. The highest BCUT2D eigenvalue weighted by molar-refractivity contribution is 6.30. The number of hydrogen-bond acceptors (Lipinski definition) is 6. The Kier molecular flexibility index (Phi) is 7.24. The smallest absolute Gasteiger partial charge is 0.343 e. The van der Waals surface area contributed by atoms with Crippen LogP contribution in [0.25, 0.3) is 0 Å². The summed E-state index contributed by atoms with van der Waals surface area (Å²) in [7, 11) is 3.01. The number of ether oxygens (including phenoxy) is 3. The molecule has 3 aromatic carbocycles. The van der Waals surface area contributed by atoms with Crippen LogP contribution in [-0.2, 0) is 0 Å². The molecule has 0 radical (unpaired) electrons. The van der Waals surface area contributed by atoms with Gasteiger partial charge < -0.3 is 14.2 Å². The largest absolute Gasteiger partial charge is 0.493 e. The summed E-state index contributed by atoms with van der Waals surface area (Å²) in [6, 6.07) is 18.0. The van der Waals surface area contributed by atoms with Crippen LogP contribution in [0.5, 0.6) is 17.2 Å². The molecule has 0 atom stereocenters. The maximum absolute atomic E-state index is 12.4. The Hall–Kier alpha value is -3.84. The molecule has 0 fully saturated rings. The van der Waals surface area contributed by atoms with Gasteiger partial charge in [-0.25, -0.2) is 10.2 Å². The Balaban J connectivity index is 1.59. The van der Waals surface area contributed by atoms with E-state index in [-0.39, 0.29) is 5.91 Å². The fraction of sp³-hybridized carbons (Fsp3) is 0.0870. The first-order valence-electron chi connectivity index (χ1n) is 9.13. The van der Waals surface area contributed by atoms with Gasteiger partial charge in [0.05, 0.1) is 26.0 Å². The van der Waals surface area contributed by atoms with Gasteiger partial charge >= 0.3 is 5.97 Å². The molecule has 0 heterocycles. The van der Waals surface area contributed by atoms with Gasteiger partial charge in [0.1, 0.15) is 5.75 Å². The molecule has 0 saturated carbocycles. The highest BCUT2D eigenvalue weighted by Gasteiger charge is 2.13. The van der Waals surface area contributed by atoms with E-state index in [4.69, 9.17) is 25.8 Å². The quantitative estimate of drug-likeness (QED) is 0.256. The first-order chi connectivity index (χ1) is 15.0. The van der Waals surface area contributed by atoms with E-state index in [0.717, 1.165) is 0 Å². The number of methoxy groups -OCH3 is 2. The summed E-state index contributed by atoms with van der Waals surface area (Å²) in [4.78, 5) is 24.4. The fourth-order valence-electron chi connectivity index (χ4n) is 2.61. The van der Waals surface area contributed by atoms with Gasteiger partial charge in [-0.2, -0.15) is 5.10 Å². The minimum absolute atomic E-state index is 0.326. The Morgan fingerprint density at radius 3 is 2.32 bits per heavy atom. The van der Waals surface area contributed by atoms with E-state index in [1.54, 1.807) is 66.7 Å². The number of esters is 1. The molecule has 0 bridgehead atoms. The Morgan fingerprint density at radius 2 is 1.65 bits per heavy atom. The highest BCUT2D eigenvalue weighted by atomic mass is 35.5. The lowest BCUT2D eigenvalue weighted by Crippen LogP contribution is -2.17. The first-order valence-corrected chi connectivity index (χ1v) is 9.51. The summed E-state index contributed by atoms with van der Waals surface area (Å²) in [5, 5.41) is 4.39. The van der Waals surface area contributed by atoms with Crippen LogP contribution in [0.2, 0.25) is 5.02 Å². The summed E-state index contributed by atoms with van der Waals surface area (Å²) in [6.45, 7) is 0. The highest BCUT2D eigenvalue weighted by Crippen LogP contribution is 2.28. The molecule has 0 spiro atoms. The van der Waals surface area contributed by atoms with E-state index in [0.29, 0.717) is 39.0 Å². The molecule has 1 N–H and O–H groups in total. The van der Waals surface area contributed by atoms with Crippen LogP contribution < -0.4 is 19.6 Å².